The smallest absolute Gasteiger partial charge is 0.219 e. The molecule has 0 saturated heterocycles. The third-order valence-electron chi connectivity index (χ3n) is 9.67. The molecule has 0 radical (unpaired) electrons. The van der Waals surface area contributed by atoms with Gasteiger partial charge in [0, 0.05) is 13.0 Å². The Labute approximate surface area is 206 Å². The Morgan fingerprint density at radius 3 is 2.71 bits per heavy atom. The lowest BCUT2D eigenvalue weighted by molar-refractivity contribution is -0.121. The highest BCUT2D eigenvalue weighted by Crippen LogP contribution is 2.62. The quantitative estimate of drug-likeness (QED) is 0.325. The standard InChI is InChI=1S/C30H47NO3/c1-3-4-18-31-28(34)11-9-7-5-6-8-10-21-19-22-20-23(32)12-13-24(22)25-16-17-30(2)26(29(21)25)14-15-27(30)33/h12-13,20-21,25-27,29,32-33H,3-11,14-19H2,1-2H3,(H,31,34)/t21-,25?,26?,27+,29?,30+/m1/s1. The van der Waals surface area contributed by atoms with Crippen molar-refractivity contribution in [1.29, 1.82) is 0 Å². The maximum atomic E-state index is 11.9. The normalized spacial score (nSPS) is 32.0. The van der Waals surface area contributed by atoms with Crippen molar-refractivity contribution in [2.24, 2.45) is 23.2 Å². The van der Waals surface area contributed by atoms with Gasteiger partial charge >= 0.3 is 0 Å². The van der Waals surface area contributed by atoms with Gasteiger partial charge in [0.25, 0.3) is 0 Å². The summed E-state index contributed by atoms with van der Waals surface area (Å²) < 4.78 is 0. The lowest BCUT2D eigenvalue weighted by atomic mass is 9.52. The molecule has 3 aliphatic rings. The average molecular weight is 470 g/mol. The SMILES string of the molecule is CCCCNC(=O)CCCCCCC[C@@H]1Cc2cc(O)ccc2C2CC[C@@]3(C)C(CC[C@@H]3O)C21. The first-order valence-electron chi connectivity index (χ1n) is 14.2. The predicted molar refractivity (Wildman–Crippen MR) is 138 cm³/mol. The van der Waals surface area contributed by atoms with Crippen LogP contribution in [0.25, 0.3) is 0 Å². The van der Waals surface area contributed by atoms with Gasteiger partial charge in [0.2, 0.25) is 5.91 Å². The van der Waals surface area contributed by atoms with Crippen LogP contribution in [0.1, 0.15) is 114 Å². The number of carbonyl (C=O) groups excluding carboxylic acids is 1. The molecule has 3 unspecified atom stereocenters. The highest BCUT2D eigenvalue weighted by atomic mass is 16.3. The van der Waals surface area contributed by atoms with E-state index < -0.39 is 0 Å². The topological polar surface area (TPSA) is 69.6 Å². The molecule has 1 aromatic carbocycles. The minimum Gasteiger partial charge on any atom is -0.508 e. The van der Waals surface area contributed by atoms with E-state index in [1.807, 2.05) is 12.1 Å². The van der Waals surface area contributed by atoms with E-state index in [0.717, 1.165) is 51.5 Å². The van der Waals surface area contributed by atoms with Gasteiger partial charge in [-0.1, -0.05) is 52.0 Å². The third-order valence-corrected chi connectivity index (χ3v) is 9.67. The first kappa shape index (κ1) is 25.5. The molecule has 2 fully saturated rings. The molecule has 0 bridgehead atoms. The Morgan fingerprint density at radius 2 is 1.88 bits per heavy atom. The monoisotopic (exact) mass is 469 g/mol. The van der Waals surface area contributed by atoms with E-state index in [-0.39, 0.29) is 17.4 Å². The van der Waals surface area contributed by atoms with Crippen LogP contribution in [0.4, 0.5) is 0 Å². The maximum Gasteiger partial charge on any atom is 0.219 e. The minimum atomic E-state index is -0.139. The number of nitrogens with one attached hydrogen (secondary N) is 1. The Bertz CT molecular complexity index is 823. The molecule has 0 heterocycles. The van der Waals surface area contributed by atoms with E-state index in [4.69, 9.17) is 0 Å². The van der Waals surface area contributed by atoms with Gasteiger partial charge in [-0.15, -0.1) is 0 Å². The predicted octanol–water partition coefficient (Wildman–Crippen LogP) is 6.48. The molecule has 4 heteroatoms. The zero-order valence-electron chi connectivity index (χ0n) is 21.5. The number of aliphatic hydroxyl groups excluding tert-OH is 1. The summed E-state index contributed by atoms with van der Waals surface area (Å²) in [5.74, 6) is 3.14. The van der Waals surface area contributed by atoms with Crippen molar-refractivity contribution >= 4 is 5.91 Å². The molecule has 0 aromatic heterocycles. The highest BCUT2D eigenvalue weighted by molar-refractivity contribution is 5.75. The summed E-state index contributed by atoms with van der Waals surface area (Å²) in [7, 11) is 0. The number of benzene rings is 1. The zero-order chi connectivity index (χ0) is 24.1. The molecule has 1 amide bonds. The van der Waals surface area contributed by atoms with Crippen molar-refractivity contribution in [1.82, 2.24) is 5.32 Å². The van der Waals surface area contributed by atoms with Crippen LogP contribution < -0.4 is 5.32 Å². The molecular weight excluding hydrogens is 422 g/mol. The molecule has 3 N–H and O–H groups in total. The molecule has 1 aromatic rings. The van der Waals surface area contributed by atoms with Gasteiger partial charge in [-0.3, -0.25) is 4.79 Å². The van der Waals surface area contributed by atoms with Crippen LogP contribution in [0.2, 0.25) is 0 Å². The number of rotatable bonds is 11. The molecule has 0 spiro atoms. The minimum absolute atomic E-state index is 0.0888. The molecular formula is C30H47NO3. The first-order chi connectivity index (χ1) is 16.4. The Kier molecular flexibility index (Phi) is 8.61. The fraction of sp³-hybridized carbons (Fsp3) is 0.767. The molecule has 3 aliphatic carbocycles. The first-order valence-corrected chi connectivity index (χ1v) is 14.2. The highest BCUT2D eigenvalue weighted by Gasteiger charge is 2.56. The fourth-order valence-corrected chi connectivity index (χ4v) is 7.75. The number of phenolic OH excluding ortho intramolecular Hbond substituents is 1. The molecule has 190 valence electrons. The van der Waals surface area contributed by atoms with Crippen molar-refractivity contribution in [3.63, 3.8) is 0 Å². The summed E-state index contributed by atoms with van der Waals surface area (Å²) in [4.78, 5) is 11.9. The van der Waals surface area contributed by atoms with E-state index in [2.05, 4.69) is 25.2 Å². The second-order valence-electron chi connectivity index (χ2n) is 11.8. The number of unbranched alkanes of at least 4 members (excludes halogenated alkanes) is 5. The number of aromatic hydroxyl groups is 1. The molecule has 4 nitrogen and oxygen atoms in total. The summed E-state index contributed by atoms with van der Waals surface area (Å²) in [6.45, 7) is 5.32. The molecule has 6 atom stereocenters. The molecule has 2 saturated carbocycles. The zero-order valence-corrected chi connectivity index (χ0v) is 21.5. The van der Waals surface area contributed by atoms with Gasteiger partial charge in [-0.05, 0) is 104 Å². The van der Waals surface area contributed by atoms with E-state index in [1.165, 1.54) is 49.7 Å². The van der Waals surface area contributed by atoms with Crippen LogP contribution in [-0.2, 0) is 11.2 Å². The van der Waals surface area contributed by atoms with E-state index in [9.17, 15) is 15.0 Å². The number of hydrogen-bond donors (Lipinski definition) is 3. The van der Waals surface area contributed by atoms with E-state index in [1.54, 1.807) is 0 Å². The summed E-state index contributed by atoms with van der Waals surface area (Å²) >= 11 is 0. The van der Waals surface area contributed by atoms with Gasteiger partial charge in [0.15, 0.2) is 0 Å². The molecule has 0 aliphatic heterocycles. The number of hydrogen-bond acceptors (Lipinski definition) is 3. The van der Waals surface area contributed by atoms with Crippen molar-refractivity contribution in [3.8, 4) is 5.75 Å². The molecule has 34 heavy (non-hydrogen) atoms. The lowest BCUT2D eigenvalue weighted by Gasteiger charge is -2.53. The van der Waals surface area contributed by atoms with Crippen LogP contribution in [0, 0.1) is 23.2 Å². The van der Waals surface area contributed by atoms with Gasteiger partial charge in [0.05, 0.1) is 6.10 Å². The second-order valence-corrected chi connectivity index (χ2v) is 11.8. The van der Waals surface area contributed by atoms with Crippen LogP contribution in [0.3, 0.4) is 0 Å². The lowest BCUT2D eigenvalue weighted by Crippen LogP contribution is -2.47. The fourth-order valence-electron chi connectivity index (χ4n) is 7.75. The number of carbonyl (C=O) groups is 1. The second kappa shape index (κ2) is 11.5. The van der Waals surface area contributed by atoms with E-state index in [0.29, 0.717) is 35.8 Å². The summed E-state index contributed by atoms with van der Waals surface area (Å²) in [5.41, 5.74) is 2.92. The van der Waals surface area contributed by atoms with Gasteiger partial charge in [-0.2, -0.15) is 0 Å². The Balaban J connectivity index is 1.30. The van der Waals surface area contributed by atoms with Gasteiger partial charge in [-0.25, -0.2) is 0 Å². The van der Waals surface area contributed by atoms with Crippen molar-refractivity contribution in [2.45, 2.75) is 116 Å². The number of amides is 1. The summed E-state index contributed by atoms with van der Waals surface area (Å²) in [5, 5.41) is 24.0. The summed E-state index contributed by atoms with van der Waals surface area (Å²) in [6.07, 6.45) is 15.3. The average Bonchev–Trinajstić information content (AvgIpc) is 3.12. The Hall–Kier alpha value is -1.55. The van der Waals surface area contributed by atoms with Crippen LogP contribution >= 0.6 is 0 Å². The number of aliphatic hydroxyl groups is 1. The number of fused-ring (bicyclic) bond motifs is 5. The van der Waals surface area contributed by atoms with Crippen LogP contribution in [0.15, 0.2) is 18.2 Å². The van der Waals surface area contributed by atoms with Crippen LogP contribution in [0.5, 0.6) is 5.75 Å². The van der Waals surface area contributed by atoms with Crippen molar-refractivity contribution < 1.29 is 15.0 Å². The summed E-state index contributed by atoms with van der Waals surface area (Å²) in [6, 6.07) is 6.07. The van der Waals surface area contributed by atoms with Gasteiger partial charge < -0.3 is 15.5 Å². The Morgan fingerprint density at radius 1 is 1.09 bits per heavy atom. The number of phenols is 1. The largest absolute Gasteiger partial charge is 0.508 e. The third kappa shape index (κ3) is 5.48. The van der Waals surface area contributed by atoms with Crippen LogP contribution in [-0.4, -0.2) is 28.8 Å². The van der Waals surface area contributed by atoms with Crippen molar-refractivity contribution in [2.75, 3.05) is 6.54 Å². The van der Waals surface area contributed by atoms with Gasteiger partial charge in [0.1, 0.15) is 5.75 Å². The molecule has 4 rings (SSSR count). The maximum absolute atomic E-state index is 11.9. The van der Waals surface area contributed by atoms with E-state index >= 15 is 0 Å². The van der Waals surface area contributed by atoms with Crippen molar-refractivity contribution in [3.05, 3.63) is 29.3 Å².